The minimum Gasteiger partial charge on any atom is -0.396 e. The molecule has 1 aliphatic rings. The molecular weight excluding hydrogens is 242 g/mol. The number of piperidine rings is 1. The summed E-state index contributed by atoms with van der Waals surface area (Å²) in [6.07, 6.45) is 2.87. The lowest BCUT2D eigenvalue weighted by molar-refractivity contribution is -0.125. The highest BCUT2D eigenvalue weighted by Gasteiger charge is 2.27. The van der Waals surface area contributed by atoms with Crippen LogP contribution >= 0.6 is 0 Å². The predicted octanol–water partition coefficient (Wildman–Crippen LogP) is 0.180. The first-order valence-electron chi connectivity index (χ1n) is 7.40. The van der Waals surface area contributed by atoms with E-state index in [0.717, 1.165) is 38.9 Å². The number of aliphatic hydroxyl groups excluding tert-OH is 1. The number of amides is 1. The van der Waals surface area contributed by atoms with Crippen LogP contribution in [0.4, 0.5) is 0 Å². The monoisotopic (exact) mass is 271 g/mol. The first-order chi connectivity index (χ1) is 9.06. The second-order valence-electron chi connectivity index (χ2n) is 5.88. The van der Waals surface area contributed by atoms with Gasteiger partial charge >= 0.3 is 0 Å². The number of carbonyl (C=O) groups is 1. The van der Waals surface area contributed by atoms with E-state index in [4.69, 9.17) is 10.8 Å². The summed E-state index contributed by atoms with van der Waals surface area (Å²) in [5, 5.41) is 12.1. The van der Waals surface area contributed by atoms with Gasteiger partial charge in [0.05, 0.1) is 0 Å². The molecule has 1 fully saturated rings. The van der Waals surface area contributed by atoms with E-state index in [-0.39, 0.29) is 24.5 Å². The first-order valence-corrected chi connectivity index (χ1v) is 7.40. The van der Waals surface area contributed by atoms with Crippen molar-refractivity contribution in [1.29, 1.82) is 0 Å². The van der Waals surface area contributed by atoms with Crippen LogP contribution in [0.3, 0.4) is 0 Å². The van der Waals surface area contributed by atoms with E-state index in [1.54, 1.807) is 0 Å². The number of hydrogen-bond acceptors (Lipinski definition) is 4. The van der Waals surface area contributed by atoms with E-state index < -0.39 is 0 Å². The van der Waals surface area contributed by atoms with Gasteiger partial charge in [0.25, 0.3) is 0 Å². The van der Waals surface area contributed by atoms with Crippen molar-refractivity contribution in [1.82, 2.24) is 10.2 Å². The number of carbonyl (C=O) groups excluding carboxylic acids is 1. The Hall–Kier alpha value is -0.650. The maximum absolute atomic E-state index is 11.8. The van der Waals surface area contributed by atoms with Crippen molar-refractivity contribution < 1.29 is 9.90 Å². The van der Waals surface area contributed by atoms with Crippen LogP contribution in [-0.4, -0.2) is 54.7 Å². The van der Waals surface area contributed by atoms with Crippen LogP contribution in [0.2, 0.25) is 0 Å². The quantitative estimate of drug-likeness (QED) is 0.617. The molecule has 0 aromatic carbocycles. The Labute approximate surface area is 116 Å². The number of rotatable bonds is 7. The van der Waals surface area contributed by atoms with Gasteiger partial charge in [0, 0.05) is 44.7 Å². The molecule has 1 heterocycles. The molecule has 1 rings (SSSR count). The molecule has 0 aromatic heterocycles. The Kier molecular flexibility index (Phi) is 7.34. The molecule has 0 bridgehead atoms. The zero-order valence-corrected chi connectivity index (χ0v) is 12.3. The Morgan fingerprint density at radius 2 is 2.21 bits per heavy atom. The average molecular weight is 271 g/mol. The van der Waals surface area contributed by atoms with Gasteiger partial charge in [-0.05, 0) is 25.2 Å². The molecule has 1 saturated heterocycles. The molecule has 1 amide bonds. The number of nitrogens with zero attached hydrogens (tertiary/aromatic N) is 1. The van der Waals surface area contributed by atoms with Crippen molar-refractivity contribution in [3.05, 3.63) is 0 Å². The molecule has 4 N–H and O–H groups in total. The van der Waals surface area contributed by atoms with Crippen molar-refractivity contribution >= 4 is 5.91 Å². The van der Waals surface area contributed by atoms with E-state index in [1.807, 2.05) is 13.8 Å². The zero-order chi connectivity index (χ0) is 14.3. The van der Waals surface area contributed by atoms with E-state index in [9.17, 15) is 4.79 Å². The zero-order valence-electron chi connectivity index (χ0n) is 12.3. The minimum atomic E-state index is 0.0285. The molecule has 0 radical (unpaired) electrons. The molecule has 112 valence electrons. The summed E-state index contributed by atoms with van der Waals surface area (Å²) in [5.41, 5.74) is 5.63. The largest absolute Gasteiger partial charge is 0.396 e. The van der Waals surface area contributed by atoms with Crippen molar-refractivity contribution in [2.45, 2.75) is 39.2 Å². The average Bonchev–Trinajstić information content (AvgIpc) is 2.36. The van der Waals surface area contributed by atoms with E-state index >= 15 is 0 Å². The van der Waals surface area contributed by atoms with Crippen LogP contribution < -0.4 is 11.1 Å². The number of hydrogen-bond donors (Lipinski definition) is 3. The van der Waals surface area contributed by atoms with Gasteiger partial charge in [0.15, 0.2) is 0 Å². The maximum Gasteiger partial charge on any atom is 0.222 e. The molecule has 0 aliphatic carbocycles. The van der Waals surface area contributed by atoms with Gasteiger partial charge in [0.2, 0.25) is 5.91 Å². The van der Waals surface area contributed by atoms with Crippen LogP contribution in [0.15, 0.2) is 0 Å². The van der Waals surface area contributed by atoms with E-state index in [1.165, 1.54) is 0 Å². The Bertz CT molecular complexity index is 271. The van der Waals surface area contributed by atoms with Crippen molar-refractivity contribution in [2.24, 2.45) is 17.6 Å². The second kappa shape index (κ2) is 8.51. The van der Waals surface area contributed by atoms with Crippen LogP contribution in [0, 0.1) is 11.8 Å². The SMILES string of the molecule is CC(C)C(=O)NC1CC(CCCO)CN(CCN)C1. The highest BCUT2D eigenvalue weighted by molar-refractivity contribution is 5.78. The molecule has 19 heavy (non-hydrogen) atoms. The van der Waals surface area contributed by atoms with Crippen LogP contribution in [0.25, 0.3) is 0 Å². The first kappa shape index (κ1) is 16.4. The Balaban J connectivity index is 2.51. The van der Waals surface area contributed by atoms with Gasteiger partial charge < -0.3 is 16.2 Å². The summed E-state index contributed by atoms with van der Waals surface area (Å²) in [6.45, 7) is 7.53. The Morgan fingerprint density at radius 1 is 1.47 bits per heavy atom. The third-order valence-electron chi connectivity index (χ3n) is 3.70. The molecule has 1 aliphatic heterocycles. The summed E-state index contributed by atoms with van der Waals surface area (Å²) in [7, 11) is 0. The number of nitrogens with two attached hydrogens (primary N) is 1. The van der Waals surface area contributed by atoms with Crippen molar-refractivity contribution in [3.63, 3.8) is 0 Å². The fraction of sp³-hybridized carbons (Fsp3) is 0.929. The molecule has 0 spiro atoms. The third kappa shape index (κ3) is 5.89. The lowest BCUT2D eigenvalue weighted by atomic mass is 9.90. The van der Waals surface area contributed by atoms with Crippen LogP contribution in [0.1, 0.15) is 33.1 Å². The summed E-state index contributed by atoms with van der Waals surface area (Å²) in [6, 6.07) is 0.221. The van der Waals surface area contributed by atoms with E-state index in [0.29, 0.717) is 12.5 Å². The fourth-order valence-electron chi connectivity index (χ4n) is 2.73. The van der Waals surface area contributed by atoms with Gasteiger partial charge in [-0.1, -0.05) is 13.8 Å². The summed E-state index contributed by atoms with van der Waals surface area (Å²) in [4.78, 5) is 14.1. The predicted molar refractivity (Wildman–Crippen MR) is 76.7 cm³/mol. The standard InChI is InChI=1S/C14H29N3O2/c1-11(2)14(19)16-13-8-12(4-3-7-18)9-17(10-13)6-5-15/h11-13,18H,3-10,15H2,1-2H3,(H,16,19). The third-order valence-corrected chi connectivity index (χ3v) is 3.70. The highest BCUT2D eigenvalue weighted by Crippen LogP contribution is 2.21. The van der Waals surface area contributed by atoms with Gasteiger partial charge in [-0.2, -0.15) is 0 Å². The van der Waals surface area contributed by atoms with Gasteiger partial charge in [-0.25, -0.2) is 0 Å². The number of likely N-dealkylation sites (tertiary alicyclic amines) is 1. The maximum atomic E-state index is 11.8. The molecule has 5 heteroatoms. The number of aliphatic hydroxyl groups is 1. The highest BCUT2D eigenvalue weighted by atomic mass is 16.2. The van der Waals surface area contributed by atoms with Gasteiger partial charge in [-0.3, -0.25) is 9.69 Å². The van der Waals surface area contributed by atoms with Crippen LogP contribution in [-0.2, 0) is 4.79 Å². The fourth-order valence-corrected chi connectivity index (χ4v) is 2.73. The molecule has 2 unspecified atom stereocenters. The summed E-state index contributed by atoms with van der Waals surface area (Å²) >= 11 is 0. The minimum absolute atomic E-state index is 0.0285. The Morgan fingerprint density at radius 3 is 2.79 bits per heavy atom. The molecular formula is C14H29N3O2. The lowest BCUT2D eigenvalue weighted by Crippen LogP contribution is -2.52. The molecule has 0 aromatic rings. The molecule has 0 saturated carbocycles. The lowest BCUT2D eigenvalue weighted by Gasteiger charge is -2.38. The van der Waals surface area contributed by atoms with E-state index in [2.05, 4.69) is 10.2 Å². The smallest absolute Gasteiger partial charge is 0.222 e. The second-order valence-corrected chi connectivity index (χ2v) is 5.88. The normalized spacial score (nSPS) is 24.7. The molecule has 2 atom stereocenters. The van der Waals surface area contributed by atoms with Crippen molar-refractivity contribution in [3.8, 4) is 0 Å². The van der Waals surface area contributed by atoms with Crippen molar-refractivity contribution in [2.75, 3.05) is 32.8 Å². The van der Waals surface area contributed by atoms with Gasteiger partial charge in [0.1, 0.15) is 0 Å². The topological polar surface area (TPSA) is 78.6 Å². The summed E-state index contributed by atoms with van der Waals surface area (Å²) < 4.78 is 0. The summed E-state index contributed by atoms with van der Waals surface area (Å²) in [5.74, 6) is 0.700. The molecule has 5 nitrogen and oxygen atoms in total. The van der Waals surface area contributed by atoms with Crippen LogP contribution in [0.5, 0.6) is 0 Å². The number of nitrogens with one attached hydrogen (secondary N) is 1. The van der Waals surface area contributed by atoms with Gasteiger partial charge in [-0.15, -0.1) is 0 Å².